The molecule has 5 nitrogen and oxygen atoms in total. The second kappa shape index (κ2) is 4.35. The number of aromatic nitrogens is 4. The maximum absolute atomic E-state index is 4.40. The molecule has 1 aliphatic rings. The Balaban J connectivity index is 1.74. The molecule has 1 aliphatic heterocycles. The van der Waals surface area contributed by atoms with E-state index in [1.165, 1.54) is 31.4 Å². The number of fused-ring (bicyclic) bond motifs is 3. The van der Waals surface area contributed by atoms with Gasteiger partial charge in [0.25, 0.3) is 0 Å². The lowest BCUT2D eigenvalue weighted by atomic mass is 10.3. The van der Waals surface area contributed by atoms with E-state index in [1.807, 2.05) is 10.6 Å². The van der Waals surface area contributed by atoms with E-state index in [-0.39, 0.29) is 0 Å². The van der Waals surface area contributed by atoms with Crippen LogP contribution >= 0.6 is 0 Å². The largest absolute Gasteiger partial charge is 0.307 e. The lowest BCUT2D eigenvalue weighted by Crippen LogP contribution is -2.24. The van der Waals surface area contributed by atoms with Gasteiger partial charge in [0.15, 0.2) is 0 Å². The van der Waals surface area contributed by atoms with Crippen molar-refractivity contribution < 1.29 is 0 Å². The van der Waals surface area contributed by atoms with Crippen LogP contribution in [0.1, 0.15) is 12.8 Å². The quantitative estimate of drug-likeness (QED) is 0.716. The zero-order valence-electron chi connectivity index (χ0n) is 10.9. The van der Waals surface area contributed by atoms with Crippen molar-refractivity contribution in [3.8, 4) is 0 Å². The molecule has 19 heavy (non-hydrogen) atoms. The number of benzene rings is 1. The molecule has 4 rings (SSSR count). The van der Waals surface area contributed by atoms with E-state index in [0.29, 0.717) is 0 Å². The van der Waals surface area contributed by atoms with Crippen LogP contribution in [0.2, 0.25) is 0 Å². The minimum absolute atomic E-state index is 0.945. The molecule has 1 fully saturated rings. The normalized spacial score (nSPS) is 16.8. The predicted molar refractivity (Wildman–Crippen MR) is 74.2 cm³/mol. The van der Waals surface area contributed by atoms with Crippen LogP contribution in [0.25, 0.3) is 16.8 Å². The van der Waals surface area contributed by atoms with E-state index in [4.69, 9.17) is 0 Å². The van der Waals surface area contributed by atoms with E-state index >= 15 is 0 Å². The van der Waals surface area contributed by atoms with Gasteiger partial charge in [-0.1, -0.05) is 12.1 Å². The van der Waals surface area contributed by atoms with Crippen LogP contribution in [0.4, 0.5) is 0 Å². The van der Waals surface area contributed by atoms with Crippen LogP contribution in [-0.2, 0) is 6.54 Å². The molecule has 0 N–H and O–H groups in total. The first-order valence-corrected chi connectivity index (χ1v) is 6.93. The van der Waals surface area contributed by atoms with Crippen molar-refractivity contribution in [2.45, 2.75) is 19.4 Å². The van der Waals surface area contributed by atoms with Gasteiger partial charge in [-0.25, -0.2) is 0 Å². The van der Waals surface area contributed by atoms with Gasteiger partial charge in [-0.2, -0.15) is 14.6 Å². The molecule has 3 aromatic rings. The Bertz CT molecular complexity index is 705. The molecule has 0 bridgehead atoms. The average molecular weight is 255 g/mol. The van der Waals surface area contributed by atoms with Crippen LogP contribution in [0.5, 0.6) is 0 Å². The Morgan fingerprint density at radius 2 is 1.79 bits per heavy atom. The average Bonchev–Trinajstić information content (AvgIpc) is 3.14. The number of hydrogen-bond donors (Lipinski definition) is 0. The highest BCUT2D eigenvalue weighted by Crippen LogP contribution is 2.19. The molecular formula is C14H17N5. The number of imidazole rings is 1. The topological polar surface area (TPSA) is 38.4 Å². The second-order valence-electron chi connectivity index (χ2n) is 5.16. The summed E-state index contributed by atoms with van der Waals surface area (Å²) in [5, 5.41) is 4.32. The number of nitrogens with zero attached hydrogens (tertiary/aromatic N) is 5. The molecule has 0 atom stereocenters. The molecule has 5 heteroatoms. The molecule has 0 spiro atoms. The van der Waals surface area contributed by atoms with Gasteiger partial charge in [0.1, 0.15) is 6.33 Å². The molecule has 0 amide bonds. The Labute approximate surface area is 111 Å². The highest BCUT2D eigenvalue weighted by Gasteiger charge is 2.15. The summed E-state index contributed by atoms with van der Waals surface area (Å²) in [5.41, 5.74) is 2.36. The van der Waals surface area contributed by atoms with Gasteiger partial charge in [-0.3, -0.25) is 0 Å². The van der Waals surface area contributed by atoms with E-state index in [9.17, 15) is 0 Å². The summed E-state index contributed by atoms with van der Waals surface area (Å²) < 4.78 is 4.21. The molecule has 1 aromatic carbocycles. The lowest BCUT2D eigenvalue weighted by Gasteiger charge is -2.15. The molecule has 0 aliphatic carbocycles. The standard InChI is InChI=1S/C14H17N5/c1-2-6-13-12(5-1)18(14-15-11-16-19(13)14)10-9-17-7-3-4-8-17/h1-2,5-6,11H,3-4,7-10H2. The minimum atomic E-state index is 0.945. The Morgan fingerprint density at radius 3 is 2.63 bits per heavy atom. The summed E-state index contributed by atoms with van der Waals surface area (Å²) in [6.07, 6.45) is 4.31. The van der Waals surface area contributed by atoms with Crippen LogP contribution < -0.4 is 0 Å². The van der Waals surface area contributed by atoms with Gasteiger partial charge in [0.05, 0.1) is 11.0 Å². The number of hydrogen-bond acceptors (Lipinski definition) is 3. The smallest absolute Gasteiger partial charge is 0.233 e. The van der Waals surface area contributed by atoms with Crippen molar-refractivity contribution in [2.75, 3.05) is 19.6 Å². The van der Waals surface area contributed by atoms with E-state index in [2.05, 4.69) is 37.7 Å². The van der Waals surface area contributed by atoms with Crippen molar-refractivity contribution in [2.24, 2.45) is 0 Å². The lowest BCUT2D eigenvalue weighted by molar-refractivity contribution is 0.325. The Morgan fingerprint density at radius 1 is 1.00 bits per heavy atom. The zero-order chi connectivity index (χ0) is 12.7. The molecule has 0 saturated carbocycles. The third-order valence-electron chi connectivity index (χ3n) is 4.01. The second-order valence-corrected chi connectivity index (χ2v) is 5.16. The van der Waals surface area contributed by atoms with Gasteiger partial charge in [0, 0.05) is 13.1 Å². The Kier molecular flexibility index (Phi) is 2.51. The van der Waals surface area contributed by atoms with Crippen molar-refractivity contribution >= 4 is 16.8 Å². The number of likely N-dealkylation sites (tertiary alicyclic amines) is 1. The first-order valence-electron chi connectivity index (χ1n) is 6.93. The summed E-state index contributed by atoms with van der Waals surface area (Å²) in [5.74, 6) is 0.945. The van der Waals surface area contributed by atoms with Gasteiger partial charge in [-0.15, -0.1) is 0 Å². The fourth-order valence-corrected chi connectivity index (χ4v) is 3.04. The zero-order valence-corrected chi connectivity index (χ0v) is 10.9. The molecular weight excluding hydrogens is 238 g/mol. The summed E-state index contributed by atoms with van der Waals surface area (Å²) in [4.78, 5) is 6.93. The van der Waals surface area contributed by atoms with Crippen LogP contribution in [0.3, 0.4) is 0 Å². The summed E-state index contributed by atoms with van der Waals surface area (Å²) in [6.45, 7) is 4.56. The maximum Gasteiger partial charge on any atom is 0.233 e. The van der Waals surface area contributed by atoms with Crippen molar-refractivity contribution in [1.82, 2.24) is 24.1 Å². The van der Waals surface area contributed by atoms with Gasteiger partial charge >= 0.3 is 0 Å². The molecule has 1 saturated heterocycles. The highest BCUT2D eigenvalue weighted by molar-refractivity contribution is 5.80. The van der Waals surface area contributed by atoms with Crippen LogP contribution in [0, 0.1) is 0 Å². The summed E-state index contributed by atoms with van der Waals surface area (Å²) >= 11 is 0. The third kappa shape index (κ3) is 1.73. The molecule has 3 heterocycles. The number of rotatable bonds is 3. The van der Waals surface area contributed by atoms with Gasteiger partial charge in [-0.05, 0) is 38.1 Å². The van der Waals surface area contributed by atoms with Crippen molar-refractivity contribution in [3.05, 3.63) is 30.6 Å². The first-order chi connectivity index (χ1) is 9.43. The predicted octanol–water partition coefficient (Wildman–Crippen LogP) is 1.78. The molecule has 2 aromatic heterocycles. The van der Waals surface area contributed by atoms with E-state index in [1.54, 1.807) is 6.33 Å². The maximum atomic E-state index is 4.40. The molecule has 0 unspecified atom stereocenters. The third-order valence-corrected chi connectivity index (χ3v) is 4.01. The fourth-order valence-electron chi connectivity index (χ4n) is 3.04. The van der Waals surface area contributed by atoms with Crippen molar-refractivity contribution in [1.29, 1.82) is 0 Å². The Hall–Kier alpha value is -1.88. The van der Waals surface area contributed by atoms with Gasteiger partial charge in [0.2, 0.25) is 5.78 Å². The summed E-state index contributed by atoms with van der Waals surface area (Å²) in [6, 6.07) is 8.38. The highest BCUT2D eigenvalue weighted by atomic mass is 15.4. The SMILES string of the molecule is c1ccc2c(c1)n(CCN1CCCC1)c1ncnn21. The fraction of sp³-hybridized carbons (Fsp3) is 0.429. The first kappa shape index (κ1) is 11.0. The molecule has 98 valence electrons. The monoisotopic (exact) mass is 255 g/mol. The minimum Gasteiger partial charge on any atom is -0.307 e. The van der Waals surface area contributed by atoms with E-state index in [0.717, 1.165) is 24.4 Å². The van der Waals surface area contributed by atoms with Crippen molar-refractivity contribution in [3.63, 3.8) is 0 Å². The number of para-hydroxylation sites is 2. The van der Waals surface area contributed by atoms with Gasteiger partial charge < -0.3 is 9.47 Å². The summed E-state index contributed by atoms with van der Waals surface area (Å²) in [7, 11) is 0. The van der Waals surface area contributed by atoms with Crippen LogP contribution in [-0.4, -0.2) is 43.7 Å². The van der Waals surface area contributed by atoms with E-state index < -0.39 is 0 Å². The molecule has 0 radical (unpaired) electrons. The van der Waals surface area contributed by atoms with Crippen LogP contribution in [0.15, 0.2) is 30.6 Å².